The molecule has 2 N–H and O–H groups in total. The van der Waals surface area contributed by atoms with E-state index in [1.165, 1.54) is 22.1 Å². The number of nitrogens with zero attached hydrogens (tertiary/aromatic N) is 1. The maximum absolute atomic E-state index is 13.8. The highest BCUT2D eigenvalue weighted by atomic mass is 16.4. The maximum Gasteiger partial charge on any atom is 0.303 e. The Morgan fingerprint density at radius 1 is 0.947 bits per heavy atom. The third-order valence-electron chi connectivity index (χ3n) is 7.03. The lowest BCUT2D eigenvalue weighted by atomic mass is 9.93. The Morgan fingerprint density at radius 2 is 1.66 bits per heavy atom. The number of para-hydroxylation sites is 1. The van der Waals surface area contributed by atoms with Crippen molar-refractivity contribution in [3.05, 3.63) is 106 Å². The lowest BCUT2D eigenvalue weighted by molar-refractivity contribution is -0.136. The number of carboxylic acid groups (broad SMARTS) is 1. The van der Waals surface area contributed by atoms with Crippen LogP contribution in [0.15, 0.2) is 66.9 Å². The van der Waals surface area contributed by atoms with Crippen LogP contribution >= 0.6 is 0 Å². The summed E-state index contributed by atoms with van der Waals surface area (Å²) in [5.41, 5.74) is 8.10. The summed E-state index contributed by atoms with van der Waals surface area (Å²) in [6, 6.07) is 20.5. The monoisotopic (exact) mass is 510 g/mol. The number of fused-ring (bicyclic) bond motifs is 1. The Labute approximate surface area is 225 Å². The summed E-state index contributed by atoms with van der Waals surface area (Å²) in [5.74, 6) is -0.641. The number of aromatic nitrogens is 1. The van der Waals surface area contributed by atoms with E-state index in [0.29, 0.717) is 24.4 Å². The third-order valence-corrected chi connectivity index (χ3v) is 7.03. The van der Waals surface area contributed by atoms with E-state index in [0.717, 1.165) is 28.6 Å². The number of benzene rings is 3. The van der Waals surface area contributed by atoms with Crippen LogP contribution in [0.5, 0.6) is 0 Å². The number of carboxylic acids is 1. The number of hydrogen-bond acceptors (Lipinski definition) is 2. The highest BCUT2D eigenvalue weighted by Gasteiger charge is 2.21. The van der Waals surface area contributed by atoms with Crippen LogP contribution in [0.25, 0.3) is 10.9 Å². The topological polar surface area (TPSA) is 71.3 Å². The average molecular weight is 511 g/mol. The summed E-state index contributed by atoms with van der Waals surface area (Å²) in [4.78, 5) is 25.1. The van der Waals surface area contributed by atoms with Gasteiger partial charge < -0.3 is 15.0 Å². The van der Waals surface area contributed by atoms with Gasteiger partial charge in [0, 0.05) is 35.6 Å². The van der Waals surface area contributed by atoms with Crippen molar-refractivity contribution in [1.82, 2.24) is 9.88 Å². The van der Waals surface area contributed by atoms with Gasteiger partial charge >= 0.3 is 5.97 Å². The first kappa shape index (κ1) is 27.2. The standard InChI is InChI=1S/C33H38N2O3/c1-21(2)14-30(27-16-22(3)15-23(4)17-27)34-33(38)29-18-25(10-11-26(29)12-13-32(36)37)20-35-19-24(5)28-8-6-7-9-31(28)35/h6-11,15-19,21,30H,12-14,20H2,1-5H3,(H,34,38)(H,36,37)/t30-/m1/s1. The second-order valence-corrected chi connectivity index (χ2v) is 10.9. The molecule has 0 saturated carbocycles. The van der Waals surface area contributed by atoms with Crippen molar-refractivity contribution in [3.8, 4) is 0 Å². The Morgan fingerprint density at radius 3 is 2.34 bits per heavy atom. The molecule has 0 aliphatic rings. The molecule has 38 heavy (non-hydrogen) atoms. The summed E-state index contributed by atoms with van der Waals surface area (Å²) < 4.78 is 2.20. The average Bonchev–Trinajstić information content (AvgIpc) is 3.17. The number of carbonyl (C=O) groups is 2. The predicted molar refractivity (Wildman–Crippen MR) is 154 cm³/mol. The van der Waals surface area contributed by atoms with Gasteiger partial charge in [-0.2, -0.15) is 0 Å². The number of nitrogens with one attached hydrogen (secondary N) is 1. The fourth-order valence-corrected chi connectivity index (χ4v) is 5.35. The Bertz CT molecular complexity index is 1440. The fraction of sp³-hybridized carbons (Fsp3) is 0.333. The third kappa shape index (κ3) is 6.52. The van der Waals surface area contributed by atoms with Crippen LogP contribution in [0.3, 0.4) is 0 Å². The molecule has 0 aliphatic carbocycles. The van der Waals surface area contributed by atoms with Gasteiger partial charge in [0.15, 0.2) is 0 Å². The molecular formula is C33H38N2O3. The molecule has 3 aromatic carbocycles. The van der Waals surface area contributed by atoms with Crippen LogP contribution in [-0.4, -0.2) is 21.6 Å². The normalized spacial score (nSPS) is 12.2. The zero-order chi connectivity index (χ0) is 27.4. The minimum Gasteiger partial charge on any atom is -0.481 e. The number of carbonyl (C=O) groups excluding carboxylic acids is 1. The number of hydrogen-bond donors (Lipinski definition) is 2. The zero-order valence-corrected chi connectivity index (χ0v) is 23.0. The molecule has 5 heteroatoms. The first-order valence-corrected chi connectivity index (χ1v) is 13.4. The Kier molecular flexibility index (Phi) is 8.35. The second kappa shape index (κ2) is 11.7. The molecule has 0 bridgehead atoms. The van der Waals surface area contributed by atoms with Gasteiger partial charge in [-0.1, -0.05) is 73.5 Å². The van der Waals surface area contributed by atoms with Crippen molar-refractivity contribution in [1.29, 1.82) is 0 Å². The molecular weight excluding hydrogens is 472 g/mol. The molecule has 1 aromatic heterocycles. The second-order valence-electron chi connectivity index (χ2n) is 10.9. The number of aryl methyl sites for hydroxylation is 4. The molecule has 0 saturated heterocycles. The summed E-state index contributed by atoms with van der Waals surface area (Å²) in [7, 11) is 0. The van der Waals surface area contributed by atoms with E-state index in [1.807, 2.05) is 30.3 Å². The molecule has 1 atom stereocenters. The summed E-state index contributed by atoms with van der Waals surface area (Å²) in [5, 5.41) is 13.8. The molecule has 198 valence electrons. The quantitative estimate of drug-likeness (QED) is 0.238. The minimum atomic E-state index is -0.873. The van der Waals surface area contributed by atoms with Gasteiger partial charge in [-0.25, -0.2) is 0 Å². The van der Waals surface area contributed by atoms with Gasteiger partial charge in [-0.3, -0.25) is 9.59 Å². The number of amides is 1. The summed E-state index contributed by atoms with van der Waals surface area (Å²) in [6.07, 6.45) is 3.24. The molecule has 1 amide bonds. The van der Waals surface area contributed by atoms with E-state index in [1.54, 1.807) is 0 Å². The maximum atomic E-state index is 13.8. The lowest BCUT2D eigenvalue weighted by Gasteiger charge is -2.23. The molecule has 1 heterocycles. The van der Waals surface area contributed by atoms with Gasteiger partial charge in [0.1, 0.15) is 0 Å². The lowest BCUT2D eigenvalue weighted by Crippen LogP contribution is -2.30. The van der Waals surface area contributed by atoms with Crippen LogP contribution < -0.4 is 5.32 Å². The van der Waals surface area contributed by atoms with Crippen LogP contribution in [0.4, 0.5) is 0 Å². The molecule has 0 aliphatic heterocycles. The van der Waals surface area contributed by atoms with E-state index in [9.17, 15) is 14.7 Å². The number of aliphatic carboxylic acids is 1. The van der Waals surface area contributed by atoms with Crippen molar-refractivity contribution in [2.75, 3.05) is 0 Å². The van der Waals surface area contributed by atoms with Crippen molar-refractivity contribution in [2.24, 2.45) is 5.92 Å². The van der Waals surface area contributed by atoms with Crippen molar-refractivity contribution in [2.45, 2.75) is 66.5 Å². The van der Waals surface area contributed by atoms with Crippen LogP contribution in [-0.2, 0) is 17.8 Å². The molecule has 0 radical (unpaired) electrons. The first-order valence-electron chi connectivity index (χ1n) is 13.4. The molecule has 0 fully saturated rings. The van der Waals surface area contributed by atoms with Crippen LogP contribution in [0.2, 0.25) is 0 Å². The molecule has 0 unspecified atom stereocenters. The van der Waals surface area contributed by atoms with E-state index in [2.05, 4.69) is 81.0 Å². The van der Waals surface area contributed by atoms with E-state index >= 15 is 0 Å². The van der Waals surface area contributed by atoms with Gasteiger partial charge in [0.2, 0.25) is 0 Å². The highest BCUT2D eigenvalue weighted by molar-refractivity contribution is 5.96. The SMILES string of the molecule is Cc1cc(C)cc([C@@H](CC(C)C)NC(=O)c2cc(Cn3cc(C)c4ccccc43)ccc2CCC(=O)O)c1. The smallest absolute Gasteiger partial charge is 0.303 e. The first-order chi connectivity index (χ1) is 18.1. The van der Waals surface area contributed by atoms with Gasteiger partial charge in [-0.05, 0) is 73.9 Å². The largest absolute Gasteiger partial charge is 0.481 e. The predicted octanol–water partition coefficient (Wildman–Crippen LogP) is 7.15. The summed E-state index contributed by atoms with van der Waals surface area (Å²) >= 11 is 0. The van der Waals surface area contributed by atoms with Crippen molar-refractivity contribution >= 4 is 22.8 Å². The Hall–Kier alpha value is -3.86. The van der Waals surface area contributed by atoms with Gasteiger partial charge in [0.05, 0.1) is 6.04 Å². The van der Waals surface area contributed by atoms with Gasteiger partial charge in [0.25, 0.3) is 5.91 Å². The molecule has 0 spiro atoms. The fourth-order valence-electron chi connectivity index (χ4n) is 5.35. The number of rotatable bonds is 10. The van der Waals surface area contributed by atoms with Crippen LogP contribution in [0, 0.1) is 26.7 Å². The molecule has 4 rings (SSSR count). The Balaban J connectivity index is 1.68. The van der Waals surface area contributed by atoms with Gasteiger partial charge in [-0.15, -0.1) is 0 Å². The minimum absolute atomic E-state index is 0.0203. The van der Waals surface area contributed by atoms with Crippen molar-refractivity contribution < 1.29 is 14.7 Å². The molecule has 4 aromatic rings. The molecule has 5 nitrogen and oxygen atoms in total. The zero-order valence-electron chi connectivity index (χ0n) is 23.0. The van der Waals surface area contributed by atoms with Crippen molar-refractivity contribution in [3.63, 3.8) is 0 Å². The van der Waals surface area contributed by atoms with E-state index < -0.39 is 5.97 Å². The summed E-state index contributed by atoms with van der Waals surface area (Å²) in [6.45, 7) is 11.2. The highest BCUT2D eigenvalue weighted by Crippen LogP contribution is 2.26. The van der Waals surface area contributed by atoms with E-state index in [4.69, 9.17) is 0 Å². The van der Waals surface area contributed by atoms with E-state index in [-0.39, 0.29) is 18.4 Å². The van der Waals surface area contributed by atoms with Crippen LogP contribution in [0.1, 0.15) is 76.5 Å².